The highest BCUT2D eigenvalue weighted by atomic mass is 16.5. The Kier molecular flexibility index (Phi) is 3.43. The largest absolute Gasteiger partial charge is 0.469 e. The Labute approximate surface area is 94.7 Å². The summed E-state index contributed by atoms with van der Waals surface area (Å²) in [5.41, 5.74) is 0. The van der Waals surface area contributed by atoms with Gasteiger partial charge in [-0.15, -0.1) is 0 Å². The molecule has 2 fully saturated rings. The van der Waals surface area contributed by atoms with Gasteiger partial charge < -0.3 is 14.4 Å². The first-order valence-electron chi connectivity index (χ1n) is 5.68. The number of carbonyl (C=O) groups is 2. The van der Waals surface area contributed by atoms with Crippen molar-refractivity contribution in [3.05, 3.63) is 0 Å². The molecular weight excluding hydrogens is 210 g/mol. The van der Waals surface area contributed by atoms with Gasteiger partial charge in [-0.05, 0) is 12.8 Å². The molecule has 0 aromatic rings. The molecule has 1 heterocycles. The van der Waals surface area contributed by atoms with E-state index in [1.807, 2.05) is 4.90 Å². The third kappa shape index (κ3) is 2.72. The number of morpholine rings is 1. The third-order valence-electron chi connectivity index (χ3n) is 3.00. The summed E-state index contributed by atoms with van der Waals surface area (Å²) in [4.78, 5) is 24.7. The van der Waals surface area contributed by atoms with Crippen molar-refractivity contribution in [3.63, 3.8) is 0 Å². The Morgan fingerprint density at radius 2 is 2.19 bits per heavy atom. The highest BCUT2D eigenvalue weighted by Crippen LogP contribution is 2.31. The Bertz CT molecular complexity index is 288. The smallest absolute Gasteiger partial charge is 0.308 e. The molecule has 1 saturated carbocycles. The van der Waals surface area contributed by atoms with Crippen LogP contribution >= 0.6 is 0 Å². The summed E-state index contributed by atoms with van der Waals surface area (Å²) in [6.45, 7) is 1.68. The van der Waals surface area contributed by atoms with Crippen LogP contribution in [0, 0.1) is 5.92 Å². The molecule has 0 spiro atoms. The Morgan fingerprint density at radius 1 is 1.44 bits per heavy atom. The number of hydrogen-bond donors (Lipinski definition) is 0. The Balaban J connectivity index is 1.83. The summed E-state index contributed by atoms with van der Waals surface area (Å²) in [6.07, 6.45) is 2.05. The molecule has 5 heteroatoms. The van der Waals surface area contributed by atoms with Crippen molar-refractivity contribution in [2.24, 2.45) is 5.92 Å². The number of methoxy groups -OCH3 is 1. The first-order chi connectivity index (χ1) is 7.70. The minimum atomic E-state index is -0.286. The molecule has 5 nitrogen and oxygen atoms in total. The summed E-state index contributed by atoms with van der Waals surface area (Å²) < 4.78 is 10.0. The minimum Gasteiger partial charge on any atom is -0.469 e. The van der Waals surface area contributed by atoms with Crippen molar-refractivity contribution in [3.8, 4) is 0 Å². The summed E-state index contributed by atoms with van der Waals surface area (Å²) in [5.74, 6) is 0.167. The van der Waals surface area contributed by atoms with Gasteiger partial charge in [0, 0.05) is 19.0 Å². The fraction of sp³-hybridized carbons (Fsp3) is 0.818. The van der Waals surface area contributed by atoms with Gasteiger partial charge in [-0.2, -0.15) is 0 Å². The number of hydrogen-bond acceptors (Lipinski definition) is 4. The van der Waals surface area contributed by atoms with Gasteiger partial charge >= 0.3 is 5.97 Å². The first kappa shape index (κ1) is 11.4. The van der Waals surface area contributed by atoms with E-state index in [1.54, 1.807) is 0 Å². The SMILES string of the molecule is COC(=O)CC1CN(C(=O)C2CC2)CCO1. The van der Waals surface area contributed by atoms with Crippen LogP contribution in [0.15, 0.2) is 0 Å². The third-order valence-corrected chi connectivity index (χ3v) is 3.00. The van der Waals surface area contributed by atoms with Crippen LogP contribution in [0.5, 0.6) is 0 Å². The van der Waals surface area contributed by atoms with Crippen LogP contribution in [-0.2, 0) is 19.1 Å². The van der Waals surface area contributed by atoms with E-state index in [2.05, 4.69) is 4.74 Å². The highest BCUT2D eigenvalue weighted by molar-refractivity contribution is 5.81. The second-order valence-electron chi connectivity index (χ2n) is 4.33. The summed E-state index contributed by atoms with van der Waals surface area (Å²) in [7, 11) is 1.36. The summed E-state index contributed by atoms with van der Waals surface area (Å²) in [5, 5.41) is 0. The van der Waals surface area contributed by atoms with E-state index in [-0.39, 0.29) is 30.3 Å². The van der Waals surface area contributed by atoms with Crippen LogP contribution in [0.1, 0.15) is 19.3 Å². The Morgan fingerprint density at radius 3 is 2.81 bits per heavy atom. The van der Waals surface area contributed by atoms with Gasteiger partial charge in [-0.1, -0.05) is 0 Å². The molecule has 90 valence electrons. The summed E-state index contributed by atoms with van der Waals surface area (Å²) >= 11 is 0. The van der Waals surface area contributed by atoms with Gasteiger partial charge in [0.05, 0.1) is 26.2 Å². The van der Waals surface area contributed by atoms with Gasteiger partial charge in [0.15, 0.2) is 0 Å². The lowest BCUT2D eigenvalue weighted by molar-refractivity contribution is -0.150. The maximum Gasteiger partial charge on any atom is 0.308 e. The summed E-state index contributed by atoms with van der Waals surface area (Å²) in [6, 6.07) is 0. The molecule has 1 aliphatic carbocycles. The molecule has 1 aliphatic heterocycles. The lowest BCUT2D eigenvalue weighted by Crippen LogP contribution is -2.46. The molecule has 1 atom stereocenters. The average molecular weight is 227 g/mol. The molecule has 0 aromatic heterocycles. The molecular formula is C11H17NO4. The number of rotatable bonds is 3. The maximum atomic E-state index is 11.8. The molecule has 0 N–H and O–H groups in total. The van der Waals surface area contributed by atoms with Gasteiger partial charge in [0.2, 0.25) is 5.91 Å². The zero-order chi connectivity index (χ0) is 11.5. The van der Waals surface area contributed by atoms with Gasteiger partial charge in [0.1, 0.15) is 0 Å². The topological polar surface area (TPSA) is 55.8 Å². The van der Waals surface area contributed by atoms with Crippen LogP contribution in [0.25, 0.3) is 0 Å². The monoisotopic (exact) mass is 227 g/mol. The van der Waals surface area contributed by atoms with Crippen molar-refractivity contribution >= 4 is 11.9 Å². The van der Waals surface area contributed by atoms with Crippen LogP contribution in [0.3, 0.4) is 0 Å². The van der Waals surface area contributed by atoms with E-state index < -0.39 is 0 Å². The van der Waals surface area contributed by atoms with Crippen molar-refractivity contribution in [1.82, 2.24) is 4.90 Å². The number of nitrogens with zero attached hydrogens (tertiary/aromatic N) is 1. The Hall–Kier alpha value is -1.10. The highest BCUT2D eigenvalue weighted by Gasteiger charge is 2.35. The number of esters is 1. The van der Waals surface area contributed by atoms with E-state index in [1.165, 1.54) is 7.11 Å². The van der Waals surface area contributed by atoms with Crippen LogP contribution < -0.4 is 0 Å². The molecule has 2 aliphatic rings. The van der Waals surface area contributed by atoms with Crippen LogP contribution in [-0.4, -0.2) is 49.7 Å². The van der Waals surface area contributed by atoms with Crippen molar-refractivity contribution in [1.29, 1.82) is 0 Å². The van der Waals surface area contributed by atoms with Crippen molar-refractivity contribution in [2.75, 3.05) is 26.8 Å². The van der Waals surface area contributed by atoms with E-state index >= 15 is 0 Å². The average Bonchev–Trinajstić information content (AvgIpc) is 3.12. The van der Waals surface area contributed by atoms with Gasteiger partial charge in [-0.3, -0.25) is 9.59 Å². The predicted octanol–water partition coefficient (Wildman–Crippen LogP) is 0.187. The lowest BCUT2D eigenvalue weighted by Gasteiger charge is -2.32. The van der Waals surface area contributed by atoms with Crippen molar-refractivity contribution < 1.29 is 19.1 Å². The fourth-order valence-corrected chi connectivity index (χ4v) is 1.90. The lowest BCUT2D eigenvalue weighted by atomic mass is 10.2. The molecule has 1 saturated heterocycles. The predicted molar refractivity (Wildman–Crippen MR) is 55.7 cm³/mol. The van der Waals surface area contributed by atoms with Gasteiger partial charge in [0.25, 0.3) is 0 Å². The number of amides is 1. The maximum absolute atomic E-state index is 11.8. The minimum absolute atomic E-state index is 0.205. The number of carbonyl (C=O) groups excluding carboxylic acids is 2. The number of ether oxygens (including phenoxy) is 2. The van der Waals surface area contributed by atoms with E-state index in [9.17, 15) is 9.59 Å². The molecule has 0 bridgehead atoms. The molecule has 2 rings (SSSR count). The normalized spacial score (nSPS) is 25.3. The molecule has 1 unspecified atom stereocenters. The molecule has 0 aromatic carbocycles. The van der Waals surface area contributed by atoms with Crippen molar-refractivity contribution in [2.45, 2.75) is 25.4 Å². The zero-order valence-electron chi connectivity index (χ0n) is 9.48. The van der Waals surface area contributed by atoms with Crippen LogP contribution in [0.4, 0.5) is 0 Å². The fourth-order valence-electron chi connectivity index (χ4n) is 1.90. The molecule has 16 heavy (non-hydrogen) atoms. The quantitative estimate of drug-likeness (QED) is 0.646. The van der Waals surface area contributed by atoms with Crippen LogP contribution in [0.2, 0.25) is 0 Å². The van der Waals surface area contributed by atoms with E-state index in [4.69, 9.17) is 4.74 Å². The second-order valence-corrected chi connectivity index (χ2v) is 4.33. The van der Waals surface area contributed by atoms with E-state index in [0.29, 0.717) is 19.7 Å². The molecule has 0 radical (unpaired) electrons. The standard InChI is InChI=1S/C11H17NO4/c1-15-10(13)6-9-7-12(4-5-16-9)11(14)8-2-3-8/h8-9H,2-7H2,1H3. The zero-order valence-corrected chi connectivity index (χ0v) is 9.48. The first-order valence-corrected chi connectivity index (χ1v) is 5.68. The van der Waals surface area contributed by atoms with E-state index in [0.717, 1.165) is 12.8 Å². The van der Waals surface area contributed by atoms with Gasteiger partial charge in [-0.25, -0.2) is 0 Å². The second kappa shape index (κ2) is 4.82. The molecule has 1 amide bonds.